The van der Waals surface area contributed by atoms with E-state index in [1.54, 1.807) is 6.07 Å². The average molecular weight is 323 g/mol. The van der Waals surface area contributed by atoms with E-state index in [4.69, 9.17) is 0 Å². The number of aryl methyl sites for hydroxylation is 1. The van der Waals surface area contributed by atoms with Crippen molar-refractivity contribution in [3.63, 3.8) is 0 Å². The molecule has 6 nitrogen and oxygen atoms in total. The predicted octanol–water partition coefficient (Wildman–Crippen LogP) is 2.43. The first-order valence-electron chi connectivity index (χ1n) is 6.53. The van der Waals surface area contributed by atoms with Crippen LogP contribution in [0.1, 0.15) is 19.0 Å². The van der Waals surface area contributed by atoms with E-state index in [0.717, 1.165) is 29.4 Å². The third kappa shape index (κ3) is 4.47. The Bertz CT molecular complexity index is 652. The number of nitrogens with one attached hydrogen (secondary N) is 2. The van der Waals surface area contributed by atoms with Gasteiger partial charge in [-0.05, 0) is 24.4 Å². The van der Waals surface area contributed by atoms with Crippen molar-refractivity contribution in [2.45, 2.75) is 35.1 Å². The van der Waals surface area contributed by atoms with Gasteiger partial charge in [0.25, 0.3) is 5.56 Å². The van der Waals surface area contributed by atoms with E-state index in [9.17, 15) is 4.79 Å². The van der Waals surface area contributed by atoms with Gasteiger partial charge in [0.05, 0.1) is 0 Å². The Morgan fingerprint density at radius 2 is 2.10 bits per heavy atom. The van der Waals surface area contributed by atoms with E-state index in [2.05, 4.69) is 32.2 Å². The first-order chi connectivity index (χ1) is 10.1. The second-order valence-electron chi connectivity index (χ2n) is 4.22. The van der Waals surface area contributed by atoms with Crippen molar-refractivity contribution in [1.29, 1.82) is 0 Å². The fourth-order valence-electron chi connectivity index (χ4n) is 1.69. The molecule has 2 aromatic rings. The van der Waals surface area contributed by atoms with Crippen LogP contribution in [0, 0.1) is 0 Å². The van der Waals surface area contributed by atoms with Gasteiger partial charge in [0.1, 0.15) is 10.8 Å². The lowest BCUT2D eigenvalue weighted by molar-refractivity contribution is 0.812. The van der Waals surface area contributed by atoms with E-state index >= 15 is 0 Å². The summed E-state index contributed by atoms with van der Waals surface area (Å²) in [6, 6.07) is 3.37. The number of nitrogens with zero attached hydrogens (tertiary/aromatic N) is 3. The molecule has 0 bridgehead atoms. The molecule has 112 valence electrons. The van der Waals surface area contributed by atoms with Gasteiger partial charge in [-0.3, -0.25) is 4.79 Å². The molecule has 0 atom stereocenters. The van der Waals surface area contributed by atoms with Gasteiger partial charge in [-0.15, -0.1) is 0 Å². The first kappa shape index (κ1) is 15.8. The van der Waals surface area contributed by atoms with E-state index < -0.39 is 0 Å². The van der Waals surface area contributed by atoms with Gasteiger partial charge >= 0.3 is 0 Å². The second kappa shape index (κ2) is 7.46. The molecule has 2 rings (SSSR count). The van der Waals surface area contributed by atoms with Gasteiger partial charge in [-0.1, -0.05) is 25.1 Å². The molecule has 2 aromatic heterocycles. The highest BCUT2D eigenvalue weighted by Crippen LogP contribution is 2.26. The van der Waals surface area contributed by atoms with Gasteiger partial charge in [0.15, 0.2) is 10.3 Å². The van der Waals surface area contributed by atoms with Crippen molar-refractivity contribution in [2.24, 2.45) is 0 Å². The van der Waals surface area contributed by atoms with Crippen molar-refractivity contribution in [3.8, 4) is 0 Å². The largest absolute Gasteiger partial charge is 0.373 e. The molecule has 0 aromatic carbocycles. The van der Waals surface area contributed by atoms with Crippen LogP contribution in [0.15, 0.2) is 32.3 Å². The van der Waals surface area contributed by atoms with Crippen molar-refractivity contribution in [2.75, 3.05) is 18.6 Å². The normalized spacial score (nSPS) is 10.6. The van der Waals surface area contributed by atoms with Crippen LogP contribution in [0.25, 0.3) is 0 Å². The lowest BCUT2D eigenvalue weighted by Gasteiger charge is -2.06. The summed E-state index contributed by atoms with van der Waals surface area (Å²) in [6.45, 7) is 2.06. The summed E-state index contributed by atoms with van der Waals surface area (Å²) >= 11 is 2.80. The molecule has 2 N–H and O–H groups in total. The smallest absolute Gasteiger partial charge is 0.251 e. The van der Waals surface area contributed by atoms with Crippen molar-refractivity contribution in [1.82, 2.24) is 19.9 Å². The SMILES string of the molecule is CCCc1cc(=O)[nH]c(Sc2cc(NC)nc(SC)n2)n1. The molecule has 0 amide bonds. The number of aromatic amines is 1. The van der Waals surface area contributed by atoms with E-state index in [0.29, 0.717) is 10.3 Å². The molecule has 2 heterocycles. The Morgan fingerprint density at radius 3 is 2.76 bits per heavy atom. The fourth-order valence-corrected chi connectivity index (χ4v) is 2.94. The number of aromatic nitrogens is 4. The lowest BCUT2D eigenvalue weighted by Crippen LogP contribution is -2.10. The Morgan fingerprint density at radius 1 is 1.29 bits per heavy atom. The summed E-state index contributed by atoms with van der Waals surface area (Å²) in [5, 5.41) is 4.98. The van der Waals surface area contributed by atoms with Crippen molar-refractivity contribution < 1.29 is 0 Å². The molecular formula is C13H17N5OS2. The molecule has 0 radical (unpaired) electrons. The number of rotatable bonds is 6. The van der Waals surface area contributed by atoms with Crippen LogP contribution >= 0.6 is 23.5 Å². The fraction of sp³-hybridized carbons (Fsp3) is 0.385. The maximum Gasteiger partial charge on any atom is 0.251 e. The summed E-state index contributed by atoms with van der Waals surface area (Å²) in [6.07, 6.45) is 3.67. The zero-order valence-corrected chi connectivity index (χ0v) is 13.8. The molecule has 21 heavy (non-hydrogen) atoms. The Kier molecular flexibility index (Phi) is 5.63. The first-order valence-corrected chi connectivity index (χ1v) is 8.57. The molecule has 0 saturated carbocycles. The van der Waals surface area contributed by atoms with Gasteiger partial charge in [-0.25, -0.2) is 15.0 Å². The molecular weight excluding hydrogens is 306 g/mol. The standard InChI is InChI=1S/C13H17N5OS2/c1-4-5-8-6-10(19)17-13(15-8)21-11-7-9(14-2)16-12(18-11)20-3/h6-7H,4-5H2,1-3H3,(H,14,16,18)(H,15,17,19). The average Bonchev–Trinajstić information content (AvgIpc) is 2.46. The number of anilines is 1. The summed E-state index contributed by atoms with van der Waals surface area (Å²) in [7, 11) is 1.81. The van der Waals surface area contributed by atoms with Crippen LogP contribution in [0.2, 0.25) is 0 Å². The molecule has 0 fully saturated rings. The van der Waals surface area contributed by atoms with Gasteiger partial charge in [0.2, 0.25) is 0 Å². The Balaban J connectivity index is 2.31. The summed E-state index contributed by atoms with van der Waals surface area (Å²) in [4.78, 5) is 27.6. The summed E-state index contributed by atoms with van der Waals surface area (Å²) in [5.74, 6) is 0.740. The molecule has 0 aliphatic rings. The Labute approximate surface area is 131 Å². The number of thioether (sulfide) groups is 1. The second-order valence-corrected chi connectivity index (χ2v) is 6.00. The van der Waals surface area contributed by atoms with Gasteiger partial charge < -0.3 is 10.3 Å². The molecule has 0 spiro atoms. The van der Waals surface area contributed by atoms with E-state index in [1.807, 2.05) is 19.4 Å². The van der Waals surface area contributed by atoms with E-state index in [1.165, 1.54) is 23.5 Å². The van der Waals surface area contributed by atoms with Crippen LogP contribution in [-0.2, 0) is 6.42 Å². The van der Waals surface area contributed by atoms with Crippen LogP contribution in [0.5, 0.6) is 0 Å². The molecule has 0 saturated heterocycles. The third-order valence-electron chi connectivity index (χ3n) is 2.60. The van der Waals surface area contributed by atoms with Gasteiger partial charge in [-0.2, -0.15) is 0 Å². The monoisotopic (exact) mass is 323 g/mol. The number of H-pyrrole nitrogens is 1. The highest BCUT2D eigenvalue weighted by molar-refractivity contribution is 7.99. The highest BCUT2D eigenvalue weighted by atomic mass is 32.2. The third-order valence-corrected chi connectivity index (χ3v) is 3.95. The Hall–Kier alpha value is -1.54. The topological polar surface area (TPSA) is 83.6 Å². The minimum atomic E-state index is -0.135. The molecule has 0 aliphatic carbocycles. The number of hydrogen-bond acceptors (Lipinski definition) is 7. The van der Waals surface area contributed by atoms with Crippen LogP contribution < -0.4 is 10.9 Å². The van der Waals surface area contributed by atoms with Crippen molar-refractivity contribution >= 4 is 29.3 Å². The van der Waals surface area contributed by atoms with Crippen molar-refractivity contribution in [3.05, 3.63) is 28.2 Å². The minimum absolute atomic E-state index is 0.135. The molecule has 8 heteroatoms. The van der Waals surface area contributed by atoms with Crippen LogP contribution in [0.4, 0.5) is 5.82 Å². The maximum absolute atomic E-state index is 11.7. The zero-order chi connectivity index (χ0) is 15.2. The molecule has 0 aliphatic heterocycles. The zero-order valence-electron chi connectivity index (χ0n) is 12.1. The number of hydrogen-bond donors (Lipinski definition) is 2. The van der Waals surface area contributed by atoms with Crippen LogP contribution in [-0.4, -0.2) is 33.2 Å². The summed E-state index contributed by atoms with van der Waals surface area (Å²) < 4.78 is 0. The predicted molar refractivity (Wildman–Crippen MR) is 86.3 cm³/mol. The minimum Gasteiger partial charge on any atom is -0.373 e. The van der Waals surface area contributed by atoms with Gasteiger partial charge in [0, 0.05) is 24.9 Å². The quantitative estimate of drug-likeness (QED) is 0.480. The maximum atomic E-state index is 11.7. The van der Waals surface area contributed by atoms with E-state index in [-0.39, 0.29) is 5.56 Å². The highest BCUT2D eigenvalue weighted by Gasteiger charge is 2.08. The molecule has 0 unspecified atom stereocenters. The van der Waals surface area contributed by atoms with Crippen LogP contribution in [0.3, 0.4) is 0 Å². The lowest BCUT2D eigenvalue weighted by atomic mass is 10.2. The summed E-state index contributed by atoms with van der Waals surface area (Å²) in [5.41, 5.74) is 0.667.